The van der Waals surface area contributed by atoms with Crippen LogP contribution in [0.1, 0.15) is 22.4 Å². The van der Waals surface area contributed by atoms with Crippen LogP contribution >= 0.6 is 23.1 Å². The highest BCUT2D eigenvalue weighted by molar-refractivity contribution is 8.03. The highest BCUT2D eigenvalue weighted by Crippen LogP contribution is 2.40. The molecule has 1 aliphatic heterocycles. The van der Waals surface area contributed by atoms with Crippen LogP contribution in [-0.4, -0.2) is 47.5 Å². The third-order valence-electron chi connectivity index (χ3n) is 6.69. The predicted molar refractivity (Wildman–Crippen MR) is 160 cm³/mol. The summed E-state index contributed by atoms with van der Waals surface area (Å²) in [6.07, 6.45) is 0. The first-order valence-electron chi connectivity index (χ1n) is 12.7. The quantitative estimate of drug-likeness (QED) is 0.0799. The van der Waals surface area contributed by atoms with Gasteiger partial charge in [-0.15, -0.1) is 11.3 Å². The van der Waals surface area contributed by atoms with Crippen LogP contribution in [-0.2, 0) is 20.0 Å². The zero-order valence-electron chi connectivity index (χ0n) is 22.0. The fourth-order valence-electron chi connectivity index (χ4n) is 4.76. The van der Waals surface area contributed by atoms with Crippen molar-refractivity contribution >= 4 is 45.8 Å². The molecule has 3 aromatic carbocycles. The van der Waals surface area contributed by atoms with E-state index in [4.69, 9.17) is 15.1 Å². The van der Waals surface area contributed by atoms with E-state index >= 15 is 0 Å². The van der Waals surface area contributed by atoms with Crippen LogP contribution < -0.4 is 16.0 Å². The fourth-order valence-corrected chi connectivity index (χ4v) is 6.04. The molecular weight excluding hydrogens is 557 g/mol. The van der Waals surface area contributed by atoms with Gasteiger partial charge in [0, 0.05) is 11.1 Å². The van der Waals surface area contributed by atoms with Gasteiger partial charge in [-0.3, -0.25) is 9.59 Å². The lowest BCUT2D eigenvalue weighted by molar-refractivity contribution is -0.134. The molecule has 9 nitrogen and oxygen atoms in total. The molecule has 0 radical (unpaired) electrons. The Labute approximate surface area is 245 Å². The number of carbonyl (C=O) groups is 2. The fraction of sp³-hybridized carbons (Fsp3) is 0.167. The molecule has 0 saturated carbocycles. The second-order valence-corrected chi connectivity index (χ2v) is 10.8. The van der Waals surface area contributed by atoms with Gasteiger partial charge in [0.2, 0.25) is 5.91 Å². The molecule has 0 spiro atoms. The molecule has 11 heteroatoms. The van der Waals surface area contributed by atoms with Gasteiger partial charge in [-0.2, -0.15) is 5.26 Å². The van der Waals surface area contributed by atoms with Gasteiger partial charge in [-0.25, -0.2) is 4.98 Å². The van der Waals surface area contributed by atoms with Crippen molar-refractivity contribution in [3.05, 3.63) is 119 Å². The van der Waals surface area contributed by atoms with Gasteiger partial charge < -0.3 is 20.8 Å². The zero-order chi connectivity index (χ0) is 28.7. The normalized spacial score (nSPS) is 16.6. The Kier molecular flexibility index (Phi) is 8.62. The molecule has 2 heterocycles. The number of β-lactam (4-membered cyclic amide) rings is 1. The number of amides is 2. The number of nitrogens with one attached hydrogen (secondary N) is 3. The van der Waals surface area contributed by atoms with E-state index in [1.54, 1.807) is 5.38 Å². The minimum atomic E-state index is -0.796. The number of nitriles is 1. The topological polar surface area (TPSA) is 128 Å². The maximum Gasteiger partial charge on any atom is 0.276 e. The number of thiazole rings is 1. The number of hydrogen-bond donors (Lipinski definition) is 3. The van der Waals surface area contributed by atoms with Gasteiger partial charge in [0.15, 0.2) is 10.8 Å². The summed E-state index contributed by atoms with van der Waals surface area (Å²) in [6.45, 7) is 0. The molecular formula is C30H26N6O3S2. The van der Waals surface area contributed by atoms with Gasteiger partial charge >= 0.3 is 0 Å². The summed E-state index contributed by atoms with van der Waals surface area (Å²) in [6, 6.07) is 29.2. The van der Waals surface area contributed by atoms with Crippen LogP contribution in [0.4, 0.5) is 5.13 Å². The first-order chi connectivity index (χ1) is 20.1. The molecule has 0 aliphatic carbocycles. The Morgan fingerprint density at radius 2 is 1.61 bits per heavy atom. The van der Waals surface area contributed by atoms with Crippen molar-refractivity contribution in [3.8, 4) is 5.40 Å². The molecule has 3 N–H and O–H groups in total. The van der Waals surface area contributed by atoms with Crippen molar-refractivity contribution in [1.29, 1.82) is 5.26 Å². The number of hydrogen-bond acceptors (Lipinski definition) is 9. The van der Waals surface area contributed by atoms with Gasteiger partial charge in [-0.1, -0.05) is 96.2 Å². The number of oxime groups is 1. The summed E-state index contributed by atoms with van der Waals surface area (Å²) in [7, 11) is 1.34. The van der Waals surface area contributed by atoms with Crippen molar-refractivity contribution in [3.63, 3.8) is 0 Å². The van der Waals surface area contributed by atoms with Crippen LogP contribution in [0.3, 0.4) is 0 Å². The van der Waals surface area contributed by atoms with Gasteiger partial charge in [0.25, 0.3) is 5.91 Å². The smallest absolute Gasteiger partial charge is 0.276 e. The summed E-state index contributed by atoms with van der Waals surface area (Å²) >= 11 is 2.33. The Bertz CT molecular complexity index is 1480. The van der Waals surface area contributed by atoms with E-state index in [2.05, 4.69) is 57.5 Å². The number of rotatable bonds is 11. The monoisotopic (exact) mass is 582 g/mol. The van der Waals surface area contributed by atoms with Crippen molar-refractivity contribution in [2.45, 2.75) is 17.6 Å². The Morgan fingerprint density at radius 3 is 2.10 bits per heavy atom. The van der Waals surface area contributed by atoms with Crippen molar-refractivity contribution in [2.24, 2.45) is 5.16 Å². The summed E-state index contributed by atoms with van der Waals surface area (Å²) in [4.78, 5) is 35.1. The number of anilines is 1. The lowest BCUT2D eigenvalue weighted by Gasteiger charge is -2.36. The Balaban J connectivity index is 1.49. The second kappa shape index (κ2) is 12.7. The van der Waals surface area contributed by atoms with E-state index in [1.165, 1.54) is 18.4 Å². The van der Waals surface area contributed by atoms with Gasteiger partial charge in [0.05, 0.1) is 6.04 Å². The first-order valence-corrected chi connectivity index (χ1v) is 14.6. The highest BCUT2D eigenvalue weighted by Gasteiger charge is 2.41. The third kappa shape index (κ3) is 5.79. The molecule has 1 fully saturated rings. The highest BCUT2D eigenvalue weighted by atomic mass is 32.2. The van der Waals surface area contributed by atoms with E-state index in [0.29, 0.717) is 16.6 Å². The molecule has 2 atom stereocenters. The SMILES string of the molecule is CON=C(C(=O)N[C@@H]1C(=O)N[C@@H]1CSC#N)c1csc(NC(c2ccccc2)(c2ccccc2)c2ccccc2)n1. The van der Waals surface area contributed by atoms with Crippen LogP contribution in [0.5, 0.6) is 0 Å². The van der Waals surface area contributed by atoms with E-state index in [9.17, 15) is 9.59 Å². The summed E-state index contributed by atoms with van der Waals surface area (Å²) in [5.74, 6) is -0.566. The molecule has 41 heavy (non-hydrogen) atoms. The van der Waals surface area contributed by atoms with E-state index in [-0.39, 0.29) is 17.7 Å². The minimum absolute atomic E-state index is 0.0621. The number of thioether (sulfide) groups is 1. The van der Waals surface area contributed by atoms with Crippen LogP contribution in [0.2, 0.25) is 0 Å². The Hall–Kier alpha value is -4.66. The largest absolute Gasteiger partial charge is 0.398 e. The summed E-state index contributed by atoms with van der Waals surface area (Å²) < 4.78 is 0. The van der Waals surface area contributed by atoms with E-state index in [1.807, 2.05) is 60.0 Å². The number of aromatic nitrogens is 1. The molecule has 1 aliphatic rings. The van der Waals surface area contributed by atoms with Crippen LogP contribution in [0, 0.1) is 10.7 Å². The molecule has 206 valence electrons. The predicted octanol–water partition coefficient (Wildman–Crippen LogP) is 4.10. The van der Waals surface area contributed by atoms with Crippen molar-refractivity contribution < 1.29 is 14.4 Å². The maximum atomic E-state index is 13.2. The number of benzene rings is 3. The molecule has 1 saturated heterocycles. The average Bonchev–Trinajstić information content (AvgIpc) is 3.48. The van der Waals surface area contributed by atoms with Crippen LogP contribution in [0.15, 0.2) is 102 Å². The third-order valence-corrected chi connectivity index (χ3v) is 8.10. The number of nitrogens with zero attached hydrogens (tertiary/aromatic N) is 3. The zero-order valence-corrected chi connectivity index (χ0v) is 23.6. The molecule has 0 unspecified atom stereocenters. The first kappa shape index (κ1) is 27.9. The second-order valence-electron chi connectivity index (χ2n) is 9.10. The van der Waals surface area contributed by atoms with E-state index < -0.39 is 17.5 Å². The molecule has 1 aromatic heterocycles. The maximum absolute atomic E-state index is 13.2. The Morgan fingerprint density at radius 1 is 1.05 bits per heavy atom. The summed E-state index contributed by atoms with van der Waals surface area (Å²) in [5, 5.41) is 26.1. The van der Waals surface area contributed by atoms with Gasteiger partial charge in [-0.05, 0) is 28.5 Å². The van der Waals surface area contributed by atoms with Crippen LogP contribution in [0.25, 0.3) is 0 Å². The van der Waals surface area contributed by atoms with Crippen molar-refractivity contribution in [2.75, 3.05) is 18.2 Å². The van der Waals surface area contributed by atoms with Crippen molar-refractivity contribution in [1.82, 2.24) is 15.6 Å². The molecule has 2 amide bonds. The molecule has 0 bridgehead atoms. The van der Waals surface area contributed by atoms with E-state index in [0.717, 1.165) is 28.5 Å². The lowest BCUT2D eigenvalue weighted by Crippen LogP contribution is -2.70. The summed E-state index contributed by atoms with van der Waals surface area (Å²) in [5.41, 5.74) is 2.46. The minimum Gasteiger partial charge on any atom is -0.398 e. The number of carbonyl (C=O) groups excluding carboxylic acids is 2. The number of thiocyanates is 1. The molecule has 5 rings (SSSR count). The average molecular weight is 583 g/mol. The lowest BCUT2D eigenvalue weighted by atomic mass is 9.77. The van der Waals surface area contributed by atoms with Gasteiger partial charge in [0.1, 0.15) is 29.8 Å². The standard InChI is InChI=1S/C30H26N6O3S2/c1-39-36-26(28(38)34-25-23(17-40-19-31)32-27(25)37)24-18-41-29(33-24)35-30(20-11-5-2-6-12-20,21-13-7-3-8-14-21)22-15-9-4-10-16-22/h2-16,18,23,25H,17H2,1H3,(H,32,37)(H,33,35)(H,34,38)/t23-,25+/m1/s1. The molecule has 4 aromatic rings.